The topological polar surface area (TPSA) is 46.5 Å². The van der Waals surface area contributed by atoms with Gasteiger partial charge in [0.25, 0.3) is 0 Å². The summed E-state index contributed by atoms with van der Waals surface area (Å²) in [5.74, 6) is -0.365. The summed E-state index contributed by atoms with van der Waals surface area (Å²) in [5, 5.41) is 9.24. The molecule has 0 saturated heterocycles. The minimum atomic E-state index is -4.51. The van der Waals surface area contributed by atoms with E-state index in [-0.39, 0.29) is 27.8 Å². The predicted molar refractivity (Wildman–Crippen MR) is 70.0 cm³/mol. The number of aromatic hydroxyl groups is 1. The molecule has 0 aliphatic carbocycles. The average Bonchev–Trinajstić information content (AvgIpc) is 2.40. The van der Waals surface area contributed by atoms with Crippen molar-refractivity contribution in [2.45, 2.75) is 6.18 Å². The second-order valence-electron chi connectivity index (χ2n) is 4.05. The third-order valence-electron chi connectivity index (χ3n) is 2.64. The van der Waals surface area contributed by atoms with Crippen LogP contribution < -0.4 is 4.74 Å². The van der Waals surface area contributed by atoms with E-state index in [0.717, 1.165) is 18.2 Å². The summed E-state index contributed by atoms with van der Waals surface area (Å²) >= 11 is 5.74. The highest BCUT2D eigenvalue weighted by Crippen LogP contribution is 2.37. The highest BCUT2D eigenvalue weighted by atomic mass is 35.5. The molecule has 7 heteroatoms. The number of halogens is 4. The average molecular weight is 317 g/mol. The van der Waals surface area contributed by atoms with E-state index < -0.39 is 11.7 Å². The molecule has 0 heterocycles. The van der Waals surface area contributed by atoms with Crippen molar-refractivity contribution in [3.8, 4) is 17.2 Å². The molecule has 0 amide bonds. The third-order valence-corrected chi connectivity index (χ3v) is 2.94. The van der Waals surface area contributed by atoms with Gasteiger partial charge in [0.05, 0.1) is 16.1 Å². The van der Waals surface area contributed by atoms with Gasteiger partial charge in [0.1, 0.15) is 17.2 Å². The monoisotopic (exact) mass is 316 g/mol. The Bertz CT molecular complexity index is 684. The van der Waals surface area contributed by atoms with Crippen LogP contribution in [0.5, 0.6) is 17.2 Å². The Balaban J connectivity index is 2.37. The molecule has 0 saturated carbocycles. The summed E-state index contributed by atoms with van der Waals surface area (Å²) in [7, 11) is 0. The lowest BCUT2D eigenvalue weighted by molar-refractivity contribution is -0.137. The van der Waals surface area contributed by atoms with Gasteiger partial charge in [0.15, 0.2) is 6.29 Å². The smallest absolute Gasteiger partial charge is 0.416 e. The lowest BCUT2D eigenvalue weighted by atomic mass is 10.2. The van der Waals surface area contributed by atoms with Crippen LogP contribution >= 0.6 is 11.6 Å². The van der Waals surface area contributed by atoms with Gasteiger partial charge < -0.3 is 9.84 Å². The first kappa shape index (κ1) is 15.2. The number of aldehydes is 1. The minimum Gasteiger partial charge on any atom is -0.507 e. The molecule has 2 aromatic rings. The normalized spacial score (nSPS) is 11.2. The van der Waals surface area contributed by atoms with Crippen molar-refractivity contribution in [2.24, 2.45) is 0 Å². The van der Waals surface area contributed by atoms with Crippen LogP contribution in [-0.2, 0) is 6.18 Å². The summed E-state index contributed by atoms with van der Waals surface area (Å²) in [6.07, 6.45) is -4.14. The number of phenolic OH excluding ortho intramolecular Hbond substituents is 1. The van der Waals surface area contributed by atoms with E-state index in [1.54, 1.807) is 0 Å². The molecule has 0 spiro atoms. The maximum absolute atomic E-state index is 12.5. The Hall–Kier alpha value is -2.21. The number of benzene rings is 2. The van der Waals surface area contributed by atoms with Crippen LogP contribution in [0, 0.1) is 0 Å². The zero-order valence-electron chi connectivity index (χ0n) is 10.3. The molecule has 1 N–H and O–H groups in total. The maximum Gasteiger partial charge on any atom is 0.416 e. The molecule has 0 radical (unpaired) electrons. The van der Waals surface area contributed by atoms with Crippen LogP contribution in [0.4, 0.5) is 13.2 Å². The first-order valence-electron chi connectivity index (χ1n) is 5.64. The Morgan fingerprint density at radius 3 is 2.43 bits per heavy atom. The molecule has 0 aliphatic rings. The zero-order chi connectivity index (χ0) is 15.6. The van der Waals surface area contributed by atoms with E-state index in [9.17, 15) is 23.1 Å². The molecule has 110 valence electrons. The standard InChI is InChI=1S/C14H8ClF3O3/c15-10-6-8(14(16,17)18)4-5-13(10)21-12-3-1-2-11(20)9(12)7-19/h1-7,20H. The lowest BCUT2D eigenvalue weighted by Crippen LogP contribution is -2.04. The van der Waals surface area contributed by atoms with Crippen LogP contribution in [0.1, 0.15) is 15.9 Å². The van der Waals surface area contributed by atoms with Crippen LogP contribution in [-0.4, -0.2) is 11.4 Å². The van der Waals surface area contributed by atoms with Crippen molar-refractivity contribution in [3.05, 3.63) is 52.5 Å². The van der Waals surface area contributed by atoms with Crippen LogP contribution in [0.15, 0.2) is 36.4 Å². The van der Waals surface area contributed by atoms with E-state index in [1.807, 2.05) is 0 Å². The third kappa shape index (κ3) is 3.28. The van der Waals surface area contributed by atoms with Crippen molar-refractivity contribution in [1.82, 2.24) is 0 Å². The molecule has 0 aliphatic heterocycles. The van der Waals surface area contributed by atoms with Crippen molar-refractivity contribution < 1.29 is 27.8 Å². The number of hydrogen-bond acceptors (Lipinski definition) is 3. The Morgan fingerprint density at radius 2 is 1.86 bits per heavy atom. The number of alkyl halides is 3. The number of hydrogen-bond donors (Lipinski definition) is 1. The fourth-order valence-electron chi connectivity index (χ4n) is 1.62. The van der Waals surface area contributed by atoms with Gasteiger partial charge in [-0.15, -0.1) is 0 Å². The predicted octanol–water partition coefficient (Wildman–Crippen LogP) is 4.67. The second-order valence-corrected chi connectivity index (χ2v) is 4.46. The quantitative estimate of drug-likeness (QED) is 0.837. The number of carbonyl (C=O) groups is 1. The van der Waals surface area contributed by atoms with Gasteiger partial charge in [0.2, 0.25) is 0 Å². The molecular weight excluding hydrogens is 309 g/mol. The van der Waals surface area contributed by atoms with Crippen LogP contribution in [0.2, 0.25) is 5.02 Å². The van der Waals surface area contributed by atoms with Gasteiger partial charge in [-0.2, -0.15) is 13.2 Å². The van der Waals surface area contributed by atoms with Gasteiger partial charge in [-0.3, -0.25) is 4.79 Å². The first-order valence-corrected chi connectivity index (χ1v) is 6.02. The summed E-state index contributed by atoms with van der Waals surface area (Å²) in [6.45, 7) is 0. The fraction of sp³-hybridized carbons (Fsp3) is 0.0714. The molecule has 0 atom stereocenters. The van der Waals surface area contributed by atoms with Gasteiger partial charge >= 0.3 is 6.18 Å². The summed E-state index contributed by atoms with van der Waals surface area (Å²) in [6, 6.07) is 6.67. The van der Waals surface area contributed by atoms with E-state index in [1.165, 1.54) is 18.2 Å². The number of ether oxygens (including phenoxy) is 1. The van der Waals surface area contributed by atoms with E-state index in [0.29, 0.717) is 6.29 Å². The van der Waals surface area contributed by atoms with Crippen LogP contribution in [0.25, 0.3) is 0 Å². The van der Waals surface area contributed by atoms with Gasteiger partial charge in [-0.1, -0.05) is 17.7 Å². The van der Waals surface area contributed by atoms with Crippen molar-refractivity contribution >= 4 is 17.9 Å². The number of phenols is 1. The molecular formula is C14H8ClF3O3. The molecule has 3 nitrogen and oxygen atoms in total. The molecule has 2 aromatic carbocycles. The zero-order valence-corrected chi connectivity index (χ0v) is 11.1. The highest BCUT2D eigenvalue weighted by molar-refractivity contribution is 6.32. The molecule has 0 unspecified atom stereocenters. The van der Waals surface area contributed by atoms with Gasteiger partial charge in [-0.05, 0) is 30.3 Å². The lowest BCUT2D eigenvalue weighted by Gasteiger charge is -2.12. The summed E-state index contributed by atoms with van der Waals surface area (Å²) < 4.78 is 42.8. The molecule has 2 rings (SSSR count). The van der Waals surface area contributed by atoms with Crippen LogP contribution in [0.3, 0.4) is 0 Å². The second kappa shape index (κ2) is 5.65. The highest BCUT2D eigenvalue weighted by Gasteiger charge is 2.31. The van der Waals surface area contributed by atoms with Crippen molar-refractivity contribution in [3.63, 3.8) is 0 Å². The van der Waals surface area contributed by atoms with Gasteiger partial charge in [0, 0.05) is 0 Å². The van der Waals surface area contributed by atoms with E-state index in [4.69, 9.17) is 16.3 Å². The number of rotatable bonds is 3. The fourth-order valence-corrected chi connectivity index (χ4v) is 1.84. The Kier molecular flexibility index (Phi) is 4.09. The number of carbonyl (C=O) groups excluding carboxylic acids is 1. The van der Waals surface area contributed by atoms with Gasteiger partial charge in [-0.25, -0.2) is 0 Å². The molecule has 21 heavy (non-hydrogen) atoms. The first-order chi connectivity index (χ1) is 9.82. The van der Waals surface area contributed by atoms with E-state index >= 15 is 0 Å². The molecule has 0 fully saturated rings. The summed E-state index contributed by atoms with van der Waals surface area (Å²) in [5.41, 5.74) is -1.03. The molecule has 0 bridgehead atoms. The Morgan fingerprint density at radius 1 is 1.14 bits per heavy atom. The van der Waals surface area contributed by atoms with Crippen molar-refractivity contribution in [2.75, 3.05) is 0 Å². The minimum absolute atomic E-state index is 0.00772. The largest absolute Gasteiger partial charge is 0.507 e. The molecule has 0 aromatic heterocycles. The summed E-state index contributed by atoms with van der Waals surface area (Å²) in [4.78, 5) is 10.9. The van der Waals surface area contributed by atoms with E-state index in [2.05, 4.69) is 0 Å². The SMILES string of the molecule is O=Cc1c(O)cccc1Oc1ccc(C(F)(F)F)cc1Cl. The Labute approximate surface area is 122 Å². The van der Waals surface area contributed by atoms with Crippen molar-refractivity contribution in [1.29, 1.82) is 0 Å². The maximum atomic E-state index is 12.5.